The standard InChI is InChI=1S/C12H14N4OSe/c13-12(6-1-2-7-12)11(17)14-8-4-3-5-9-10(8)16-18-15-9/h3-5H,1-2,6-7,13H2,(H,14,17). The van der Waals surface area contributed by atoms with Gasteiger partial charge < -0.3 is 0 Å². The van der Waals surface area contributed by atoms with Crippen molar-refractivity contribution in [2.75, 3.05) is 5.32 Å². The van der Waals surface area contributed by atoms with E-state index in [0.717, 1.165) is 42.4 Å². The Morgan fingerprint density at radius 2 is 2.11 bits per heavy atom. The van der Waals surface area contributed by atoms with Crippen molar-refractivity contribution in [1.82, 2.24) is 7.96 Å². The molecular weight excluding hydrogens is 295 g/mol. The Bertz CT molecular complexity index is 589. The summed E-state index contributed by atoms with van der Waals surface area (Å²) >= 11 is -0.0864. The zero-order valence-electron chi connectivity index (χ0n) is 9.85. The SMILES string of the molecule is NC1(C(=O)Nc2cccc3n[se]nc23)CCCC1. The molecule has 1 aliphatic carbocycles. The van der Waals surface area contributed by atoms with Crippen LogP contribution in [0.25, 0.3) is 11.0 Å². The Kier molecular flexibility index (Phi) is 2.93. The van der Waals surface area contributed by atoms with Gasteiger partial charge in [-0.3, -0.25) is 0 Å². The van der Waals surface area contributed by atoms with Gasteiger partial charge in [0, 0.05) is 0 Å². The van der Waals surface area contributed by atoms with Crippen molar-refractivity contribution in [3.8, 4) is 0 Å². The van der Waals surface area contributed by atoms with Gasteiger partial charge in [-0.15, -0.1) is 0 Å². The number of nitrogens with zero attached hydrogens (tertiary/aromatic N) is 2. The first-order valence-electron chi connectivity index (χ1n) is 6.01. The molecule has 1 amide bonds. The molecular formula is C12H14N4OSe. The molecule has 3 N–H and O–H groups in total. The van der Waals surface area contributed by atoms with E-state index in [2.05, 4.69) is 13.3 Å². The maximum atomic E-state index is 12.2. The van der Waals surface area contributed by atoms with Crippen LogP contribution in [0.3, 0.4) is 0 Å². The van der Waals surface area contributed by atoms with Crippen molar-refractivity contribution >= 4 is 37.6 Å². The third-order valence-electron chi connectivity index (χ3n) is 3.48. The number of rotatable bonds is 2. The van der Waals surface area contributed by atoms with Crippen molar-refractivity contribution in [3.63, 3.8) is 0 Å². The average molecular weight is 309 g/mol. The number of anilines is 1. The van der Waals surface area contributed by atoms with E-state index in [1.165, 1.54) is 0 Å². The van der Waals surface area contributed by atoms with Crippen molar-refractivity contribution < 1.29 is 4.79 Å². The van der Waals surface area contributed by atoms with Gasteiger partial charge in [-0.1, -0.05) is 0 Å². The maximum absolute atomic E-state index is 12.2. The molecule has 0 bridgehead atoms. The zero-order valence-corrected chi connectivity index (χ0v) is 11.6. The molecule has 1 saturated carbocycles. The predicted octanol–water partition coefficient (Wildman–Crippen LogP) is 0.897. The van der Waals surface area contributed by atoms with Crippen LogP contribution in [-0.4, -0.2) is 34.4 Å². The topological polar surface area (TPSA) is 80.9 Å². The summed E-state index contributed by atoms with van der Waals surface area (Å²) in [5.74, 6) is -0.0944. The van der Waals surface area contributed by atoms with E-state index in [1.807, 2.05) is 18.2 Å². The number of fused-ring (bicyclic) bond motifs is 1. The van der Waals surface area contributed by atoms with Gasteiger partial charge in [0.15, 0.2) is 0 Å². The average Bonchev–Trinajstić information content (AvgIpc) is 2.98. The molecule has 1 aliphatic rings. The van der Waals surface area contributed by atoms with Gasteiger partial charge >= 0.3 is 111 Å². The molecule has 0 saturated heterocycles. The molecule has 6 heteroatoms. The Labute approximate surface area is 111 Å². The van der Waals surface area contributed by atoms with Gasteiger partial charge in [0.05, 0.1) is 0 Å². The van der Waals surface area contributed by atoms with E-state index in [1.54, 1.807) is 0 Å². The van der Waals surface area contributed by atoms with E-state index < -0.39 is 5.54 Å². The van der Waals surface area contributed by atoms with Crippen LogP contribution in [0.5, 0.6) is 0 Å². The van der Waals surface area contributed by atoms with E-state index in [4.69, 9.17) is 5.73 Å². The molecule has 5 nitrogen and oxygen atoms in total. The summed E-state index contributed by atoms with van der Waals surface area (Å²) in [5, 5.41) is 2.92. The van der Waals surface area contributed by atoms with Crippen molar-refractivity contribution in [2.45, 2.75) is 31.2 Å². The van der Waals surface area contributed by atoms with Crippen LogP contribution >= 0.6 is 0 Å². The van der Waals surface area contributed by atoms with Crippen LogP contribution < -0.4 is 11.1 Å². The summed E-state index contributed by atoms with van der Waals surface area (Å²) in [4.78, 5) is 12.2. The van der Waals surface area contributed by atoms with E-state index in [0.29, 0.717) is 0 Å². The zero-order chi connectivity index (χ0) is 12.6. The molecule has 0 unspecified atom stereocenters. The quantitative estimate of drug-likeness (QED) is 0.808. The Morgan fingerprint density at radius 3 is 2.89 bits per heavy atom. The molecule has 0 spiro atoms. The van der Waals surface area contributed by atoms with Crippen molar-refractivity contribution in [2.24, 2.45) is 5.73 Å². The van der Waals surface area contributed by atoms with Gasteiger partial charge in [0.25, 0.3) is 0 Å². The van der Waals surface area contributed by atoms with Gasteiger partial charge in [0.2, 0.25) is 0 Å². The summed E-state index contributed by atoms with van der Waals surface area (Å²) in [6.45, 7) is 0. The number of carbonyl (C=O) groups is 1. The van der Waals surface area contributed by atoms with Crippen molar-refractivity contribution in [1.29, 1.82) is 0 Å². The normalized spacial score (nSPS) is 18.1. The predicted molar refractivity (Wildman–Crippen MR) is 70.5 cm³/mol. The molecule has 18 heavy (non-hydrogen) atoms. The summed E-state index contributed by atoms with van der Waals surface area (Å²) in [6.07, 6.45) is 3.58. The molecule has 0 radical (unpaired) electrons. The third kappa shape index (κ3) is 1.96. The molecule has 1 fully saturated rings. The van der Waals surface area contributed by atoms with Gasteiger partial charge in [0.1, 0.15) is 0 Å². The number of hydrogen-bond acceptors (Lipinski definition) is 4. The third-order valence-corrected chi connectivity index (χ3v) is 4.62. The molecule has 3 rings (SSSR count). The molecule has 94 valence electrons. The first kappa shape index (κ1) is 11.8. The minimum atomic E-state index is -0.705. The summed E-state index contributed by atoms with van der Waals surface area (Å²) in [5.41, 5.74) is 7.83. The second-order valence-corrected chi connectivity index (χ2v) is 5.86. The van der Waals surface area contributed by atoms with E-state index in [9.17, 15) is 4.79 Å². The summed E-state index contributed by atoms with van der Waals surface area (Å²) < 4.78 is 8.64. The summed E-state index contributed by atoms with van der Waals surface area (Å²) in [6, 6.07) is 5.65. The Balaban J connectivity index is 1.88. The summed E-state index contributed by atoms with van der Waals surface area (Å²) in [7, 11) is 0. The Morgan fingerprint density at radius 1 is 1.33 bits per heavy atom. The molecule has 1 heterocycles. The monoisotopic (exact) mass is 310 g/mol. The molecule has 0 aliphatic heterocycles. The number of hydrogen-bond donors (Lipinski definition) is 2. The van der Waals surface area contributed by atoms with Crippen LogP contribution in [0, 0.1) is 0 Å². The van der Waals surface area contributed by atoms with Gasteiger partial charge in [-0.25, -0.2) is 0 Å². The Hall–Kier alpha value is -1.23. The number of amides is 1. The van der Waals surface area contributed by atoms with Crippen molar-refractivity contribution in [3.05, 3.63) is 18.2 Å². The first-order valence-corrected chi connectivity index (χ1v) is 7.54. The number of nitrogens with one attached hydrogen (secondary N) is 1. The fourth-order valence-corrected chi connectivity index (χ4v) is 3.54. The van der Waals surface area contributed by atoms with E-state index >= 15 is 0 Å². The molecule has 0 atom stereocenters. The van der Waals surface area contributed by atoms with Crippen LogP contribution in [0.1, 0.15) is 25.7 Å². The number of carbonyl (C=O) groups excluding carboxylic acids is 1. The van der Waals surface area contributed by atoms with E-state index in [-0.39, 0.29) is 20.9 Å². The van der Waals surface area contributed by atoms with Crippen LogP contribution in [0.4, 0.5) is 5.69 Å². The molecule has 2 aromatic rings. The number of nitrogens with two attached hydrogens (primary N) is 1. The van der Waals surface area contributed by atoms with Crippen LogP contribution in [0.2, 0.25) is 0 Å². The van der Waals surface area contributed by atoms with Crippen LogP contribution in [0.15, 0.2) is 18.2 Å². The molecule has 1 aromatic heterocycles. The minimum absolute atomic E-state index is 0.0864. The number of aromatic nitrogens is 2. The first-order chi connectivity index (χ1) is 8.69. The number of benzene rings is 1. The fraction of sp³-hybridized carbons (Fsp3) is 0.417. The van der Waals surface area contributed by atoms with Crippen LogP contribution in [-0.2, 0) is 4.79 Å². The second kappa shape index (κ2) is 4.46. The molecule has 1 aromatic carbocycles. The van der Waals surface area contributed by atoms with Gasteiger partial charge in [-0.05, 0) is 0 Å². The van der Waals surface area contributed by atoms with Gasteiger partial charge in [-0.2, -0.15) is 0 Å². The second-order valence-electron chi connectivity index (χ2n) is 4.75. The fourth-order valence-electron chi connectivity index (χ4n) is 2.39.